The number of carbonyl (C=O) groups is 1. The molecule has 1 N–H and O–H groups in total. The second kappa shape index (κ2) is 5.84. The van der Waals surface area contributed by atoms with Crippen molar-refractivity contribution < 1.29 is 13.2 Å². The van der Waals surface area contributed by atoms with Gasteiger partial charge in [0.05, 0.1) is 4.90 Å². The number of hydrogen-bond acceptors (Lipinski definition) is 4. The topological polar surface area (TPSA) is 79.4 Å². The Morgan fingerprint density at radius 2 is 2.04 bits per heavy atom. The van der Waals surface area contributed by atoms with Crippen LogP contribution in [0.25, 0.3) is 0 Å². The van der Waals surface area contributed by atoms with Crippen molar-refractivity contribution in [2.45, 2.75) is 37.1 Å². The smallest absolute Gasteiger partial charge is 0.263 e. The molecule has 4 rings (SSSR count). The Hall–Kier alpha value is -2.41. The summed E-state index contributed by atoms with van der Waals surface area (Å²) in [6.45, 7) is 2.00. The first-order chi connectivity index (χ1) is 12.0. The minimum atomic E-state index is -3.71. The number of amides is 1. The van der Waals surface area contributed by atoms with E-state index < -0.39 is 10.0 Å². The molecule has 1 amide bonds. The summed E-state index contributed by atoms with van der Waals surface area (Å²) in [6.07, 6.45) is 4.11. The van der Waals surface area contributed by atoms with Gasteiger partial charge in [0.2, 0.25) is 5.91 Å². The second-order valence-electron chi connectivity index (χ2n) is 6.65. The van der Waals surface area contributed by atoms with E-state index in [0.29, 0.717) is 6.42 Å². The molecule has 1 aromatic heterocycles. The summed E-state index contributed by atoms with van der Waals surface area (Å²) in [6, 6.07) is 10.1. The maximum atomic E-state index is 12.6. The van der Waals surface area contributed by atoms with Gasteiger partial charge in [-0.25, -0.2) is 13.4 Å². The predicted molar refractivity (Wildman–Crippen MR) is 94.9 cm³/mol. The minimum Gasteiger partial charge on any atom is -0.309 e. The molecule has 1 aliphatic heterocycles. The number of benzene rings is 1. The predicted octanol–water partition coefficient (Wildman–Crippen LogP) is 2.57. The maximum absolute atomic E-state index is 12.6. The lowest BCUT2D eigenvalue weighted by Gasteiger charge is -2.22. The highest BCUT2D eigenvalue weighted by molar-refractivity contribution is 7.92. The molecule has 0 saturated heterocycles. The molecule has 2 heterocycles. The summed E-state index contributed by atoms with van der Waals surface area (Å²) < 4.78 is 27.6. The summed E-state index contributed by atoms with van der Waals surface area (Å²) >= 11 is 0. The fourth-order valence-corrected chi connectivity index (χ4v) is 4.32. The van der Waals surface area contributed by atoms with Crippen LogP contribution in [0, 0.1) is 5.92 Å². The molecule has 0 radical (unpaired) electrons. The Balaban J connectivity index is 1.63. The van der Waals surface area contributed by atoms with Crippen LogP contribution in [0.5, 0.6) is 0 Å². The number of nitrogens with one attached hydrogen (secondary N) is 1. The number of hydrogen-bond donors (Lipinski definition) is 1. The number of nitrogens with zero attached hydrogens (tertiary/aromatic N) is 2. The van der Waals surface area contributed by atoms with Crippen molar-refractivity contribution in [2.24, 2.45) is 5.92 Å². The molecule has 2 aromatic rings. The van der Waals surface area contributed by atoms with Gasteiger partial charge in [0.15, 0.2) is 0 Å². The van der Waals surface area contributed by atoms with Crippen LogP contribution in [-0.4, -0.2) is 25.4 Å². The van der Waals surface area contributed by atoms with Crippen molar-refractivity contribution in [3.05, 3.63) is 48.2 Å². The van der Waals surface area contributed by atoms with E-state index in [9.17, 15) is 13.2 Å². The first-order valence-electron chi connectivity index (χ1n) is 8.35. The quantitative estimate of drug-likeness (QED) is 0.912. The van der Waals surface area contributed by atoms with Crippen LogP contribution in [0.4, 0.5) is 11.5 Å². The lowest BCUT2D eigenvalue weighted by atomic mass is 10.1. The van der Waals surface area contributed by atoms with Gasteiger partial charge in [-0.15, -0.1) is 0 Å². The van der Waals surface area contributed by atoms with Gasteiger partial charge in [-0.3, -0.25) is 9.52 Å². The third-order valence-corrected chi connectivity index (χ3v) is 6.00. The highest BCUT2D eigenvalue weighted by atomic mass is 32.2. The van der Waals surface area contributed by atoms with Crippen molar-refractivity contribution in [3.63, 3.8) is 0 Å². The molecule has 6 nitrogen and oxygen atoms in total. The van der Waals surface area contributed by atoms with Gasteiger partial charge in [-0.05, 0) is 62.1 Å². The van der Waals surface area contributed by atoms with Crippen LogP contribution in [0.3, 0.4) is 0 Å². The molecule has 130 valence electrons. The molecule has 1 fully saturated rings. The Labute approximate surface area is 146 Å². The van der Waals surface area contributed by atoms with E-state index in [-0.39, 0.29) is 28.6 Å². The molecule has 1 atom stereocenters. The number of aromatic nitrogens is 1. The molecule has 7 heteroatoms. The summed E-state index contributed by atoms with van der Waals surface area (Å²) in [7, 11) is -3.71. The summed E-state index contributed by atoms with van der Waals surface area (Å²) in [5, 5.41) is 0. The molecule has 1 aromatic carbocycles. The molecular weight excluding hydrogens is 338 g/mol. The highest BCUT2D eigenvalue weighted by Gasteiger charge is 2.39. The SMILES string of the molecule is CC1Cc2cc(S(=O)(=O)Nc3ccccn3)ccc2N1C(=O)C1CC1. The Kier molecular flexibility index (Phi) is 3.76. The molecule has 1 unspecified atom stereocenters. The summed E-state index contributed by atoms with van der Waals surface area (Å²) in [4.78, 5) is 18.5. The molecular formula is C18H19N3O3S. The van der Waals surface area contributed by atoms with E-state index in [1.807, 2.05) is 11.8 Å². The number of pyridine rings is 1. The second-order valence-corrected chi connectivity index (χ2v) is 8.33. The average Bonchev–Trinajstić information content (AvgIpc) is 3.37. The monoisotopic (exact) mass is 357 g/mol. The van der Waals surface area contributed by atoms with Gasteiger partial charge in [-0.2, -0.15) is 0 Å². The zero-order valence-corrected chi connectivity index (χ0v) is 14.7. The van der Waals surface area contributed by atoms with Gasteiger partial charge in [0.1, 0.15) is 5.82 Å². The van der Waals surface area contributed by atoms with Crippen molar-refractivity contribution >= 4 is 27.4 Å². The number of anilines is 2. The fourth-order valence-electron chi connectivity index (χ4n) is 3.26. The standard InChI is InChI=1S/C18H19N3O3S/c1-12-10-14-11-15(25(23,24)20-17-4-2-3-9-19-17)7-8-16(14)21(12)18(22)13-5-6-13/h2-4,7-9,11-13H,5-6,10H2,1H3,(H,19,20). The normalized spacial score (nSPS) is 19.6. The Bertz CT molecular complexity index is 924. The fraction of sp³-hybridized carbons (Fsp3) is 0.333. The van der Waals surface area contributed by atoms with Gasteiger partial charge >= 0.3 is 0 Å². The van der Waals surface area contributed by atoms with E-state index in [1.54, 1.807) is 36.4 Å². The van der Waals surface area contributed by atoms with Crippen LogP contribution >= 0.6 is 0 Å². The van der Waals surface area contributed by atoms with E-state index in [1.165, 1.54) is 6.20 Å². The number of fused-ring (bicyclic) bond motifs is 1. The third-order valence-electron chi connectivity index (χ3n) is 4.64. The van der Waals surface area contributed by atoms with Gasteiger partial charge in [0.25, 0.3) is 10.0 Å². The Morgan fingerprint density at radius 1 is 1.24 bits per heavy atom. The maximum Gasteiger partial charge on any atom is 0.263 e. The van der Waals surface area contributed by atoms with Crippen LogP contribution in [-0.2, 0) is 21.2 Å². The van der Waals surface area contributed by atoms with E-state index in [2.05, 4.69) is 9.71 Å². The third kappa shape index (κ3) is 3.00. The number of rotatable bonds is 4. The molecule has 2 aliphatic rings. The van der Waals surface area contributed by atoms with Crippen molar-refractivity contribution in [3.8, 4) is 0 Å². The first-order valence-corrected chi connectivity index (χ1v) is 9.84. The van der Waals surface area contributed by atoms with Gasteiger partial charge in [-0.1, -0.05) is 6.07 Å². The number of sulfonamides is 1. The largest absolute Gasteiger partial charge is 0.309 e. The average molecular weight is 357 g/mol. The van der Waals surface area contributed by atoms with Crippen molar-refractivity contribution in [1.82, 2.24) is 4.98 Å². The molecule has 1 aliphatic carbocycles. The molecule has 25 heavy (non-hydrogen) atoms. The van der Waals surface area contributed by atoms with E-state index in [0.717, 1.165) is 24.1 Å². The Morgan fingerprint density at radius 3 is 2.72 bits per heavy atom. The zero-order valence-electron chi connectivity index (χ0n) is 13.8. The molecule has 1 saturated carbocycles. The number of carbonyl (C=O) groups excluding carboxylic acids is 1. The van der Waals surface area contributed by atoms with Crippen molar-refractivity contribution in [2.75, 3.05) is 9.62 Å². The minimum absolute atomic E-state index is 0.0600. The van der Waals surface area contributed by atoms with Crippen LogP contribution in [0.1, 0.15) is 25.3 Å². The highest BCUT2D eigenvalue weighted by Crippen LogP contribution is 2.39. The van der Waals surface area contributed by atoms with Crippen LogP contribution < -0.4 is 9.62 Å². The van der Waals surface area contributed by atoms with Crippen LogP contribution in [0.2, 0.25) is 0 Å². The lowest BCUT2D eigenvalue weighted by Crippen LogP contribution is -2.36. The molecule has 0 bridgehead atoms. The summed E-state index contributed by atoms with van der Waals surface area (Å²) in [5.74, 6) is 0.581. The molecule has 0 spiro atoms. The summed E-state index contributed by atoms with van der Waals surface area (Å²) in [5.41, 5.74) is 1.73. The van der Waals surface area contributed by atoms with Crippen molar-refractivity contribution in [1.29, 1.82) is 0 Å². The lowest BCUT2D eigenvalue weighted by molar-refractivity contribution is -0.120. The van der Waals surface area contributed by atoms with Gasteiger partial charge in [0, 0.05) is 23.8 Å². The zero-order chi connectivity index (χ0) is 17.6. The van der Waals surface area contributed by atoms with Crippen LogP contribution in [0.15, 0.2) is 47.5 Å². The van der Waals surface area contributed by atoms with E-state index >= 15 is 0 Å². The van der Waals surface area contributed by atoms with E-state index in [4.69, 9.17) is 0 Å². The first kappa shape index (κ1) is 16.1. The van der Waals surface area contributed by atoms with Gasteiger partial charge < -0.3 is 4.90 Å².